The maximum atomic E-state index is 12.3. The maximum Gasteiger partial charge on any atom is 0.331 e. The molecule has 1 rings (SSSR count). The number of nitrogens with one attached hydrogen (secondary N) is 1. The first-order valence-corrected chi connectivity index (χ1v) is 7.04. The number of hydrogen-bond acceptors (Lipinski definition) is 5. The van der Waals surface area contributed by atoms with E-state index in [1.807, 2.05) is 0 Å². The molecule has 0 aliphatic carbocycles. The molecule has 122 valence electrons. The third-order valence-corrected chi connectivity index (χ3v) is 3.78. The molecule has 0 aromatic heterocycles. The number of benzene rings is 1. The molecule has 0 heterocycles. The molecule has 0 radical (unpaired) electrons. The van der Waals surface area contributed by atoms with E-state index in [2.05, 4.69) is 21.2 Å². The lowest BCUT2D eigenvalue weighted by atomic mass is 10.0. The van der Waals surface area contributed by atoms with Gasteiger partial charge in [-0.1, -0.05) is 0 Å². The summed E-state index contributed by atoms with van der Waals surface area (Å²) >= 11 is 3.30. The predicted octanol–water partition coefficient (Wildman–Crippen LogP) is 1.69. The number of carbonyl (C=O) groups excluding carboxylic acids is 1. The molecule has 1 atom stereocenters. The quantitative estimate of drug-likeness (QED) is 0.752. The summed E-state index contributed by atoms with van der Waals surface area (Å²) in [4.78, 5) is 23.7. The summed E-state index contributed by atoms with van der Waals surface area (Å²) in [5.41, 5.74) is -1.33. The molecule has 0 saturated heterocycles. The van der Waals surface area contributed by atoms with Gasteiger partial charge in [-0.25, -0.2) is 4.79 Å². The van der Waals surface area contributed by atoms with Gasteiger partial charge in [-0.05, 0) is 35.0 Å². The number of amides is 1. The van der Waals surface area contributed by atoms with Crippen molar-refractivity contribution in [3.05, 3.63) is 22.2 Å². The van der Waals surface area contributed by atoms with E-state index in [0.717, 1.165) is 0 Å². The molecule has 0 fully saturated rings. The minimum Gasteiger partial charge on any atom is -0.495 e. The van der Waals surface area contributed by atoms with Gasteiger partial charge in [0.1, 0.15) is 16.0 Å². The van der Waals surface area contributed by atoms with E-state index in [9.17, 15) is 14.7 Å². The van der Waals surface area contributed by atoms with Crippen LogP contribution in [0.5, 0.6) is 11.5 Å². The Morgan fingerprint density at radius 3 is 2.09 bits per heavy atom. The van der Waals surface area contributed by atoms with Crippen LogP contribution >= 0.6 is 15.9 Å². The van der Waals surface area contributed by atoms with Gasteiger partial charge in [0.2, 0.25) is 0 Å². The van der Waals surface area contributed by atoms with Crippen LogP contribution in [0.4, 0.5) is 0 Å². The van der Waals surface area contributed by atoms with Crippen molar-refractivity contribution in [3.63, 3.8) is 0 Å². The zero-order valence-electron chi connectivity index (χ0n) is 12.7. The van der Waals surface area contributed by atoms with E-state index in [1.165, 1.54) is 40.4 Å². The summed E-state index contributed by atoms with van der Waals surface area (Å²) in [7, 11) is 4.26. The maximum absolute atomic E-state index is 12.3. The van der Waals surface area contributed by atoms with Crippen LogP contribution in [0.25, 0.3) is 0 Å². The van der Waals surface area contributed by atoms with Crippen molar-refractivity contribution in [1.29, 1.82) is 0 Å². The van der Waals surface area contributed by atoms with Crippen LogP contribution in [-0.2, 0) is 9.53 Å². The second-order valence-corrected chi connectivity index (χ2v) is 5.51. The molecule has 0 saturated carbocycles. The SMILES string of the molecule is COCC(C)(NC(=O)c1cc(OC)c(Br)c(OC)c1)C(=O)O. The fourth-order valence-electron chi connectivity index (χ4n) is 1.76. The van der Waals surface area contributed by atoms with Crippen molar-refractivity contribution in [3.8, 4) is 11.5 Å². The van der Waals surface area contributed by atoms with Crippen LogP contribution in [0, 0.1) is 0 Å². The fourth-order valence-corrected chi connectivity index (χ4v) is 2.32. The van der Waals surface area contributed by atoms with Gasteiger partial charge < -0.3 is 24.6 Å². The summed E-state index contributed by atoms with van der Waals surface area (Å²) < 4.78 is 15.7. The van der Waals surface area contributed by atoms with Gasteiger partial charge in [0.15, 0.2) is 5.54 Å². The average molecular weight is 376 g/mol. The molecule has 7 nitrogen and oxygen atoms in total. The van der Waals surface area contributed by atoms with E-state index in [-0.39, 0.29) is 12.2 Å². The van der Waals surface area contributed by atoms with Crippen molar-refractivity contribution in [1.82, 2.24) is 5.32 Å². The summed E-state index contributed by atoms with van der Waals surface area (Å²) in [5.74, 6) is -0.980. The Morgan fingerprint density at radius 2 is 1.73 bits per heavy atom. The minimum atomic E-state index is -1.54. The van der Waals surface area contributed by atoms with E-state index in [1.54, 1.807) is 0 Å². The van der Waals surface area contributed by atoms with Crippen LogP contribution in [-0.4, -0.2) is 50.5 Å². The first-order valence-electron chi connectivity index (χ1n) is 6.25. The molecule has 1 amide bonds. The molecule has 0 aliphatic rings. The van der Waals surface area contributed by atoms with Gasteiger partial charge in [-0.2, -0.15) is 0 Å². The smallest absolute Gasteiger partial charge is 0.331 e. The fraction of sp³-hybridized carbons (Fsp3) is 0.429. The Bertz CT molecular complexity index is 551. The predicted molar refractivity (Wildman–Crippen MR) is 82.6 cm³/mol. The molecule has 1 aromatic rings. The van der Waals surface area contributed by atoms with Gasteiger partial charge in [0.05, 0.1) is 20.8 Å². The molecule has 8 heteroatoms. The number of aliphatic carboxylic acids is 1. The topological polar surface area (TPSA) is 94.1 Å². The number of carbonyl (C=O) groups is 2. The van der Waals surface area contributed by atoms with Crippen LogP contribution in [0.3, 0.4) is 0 Å². The van der Waals surface area contributed by atoms with E-state index < -0.39 is 17.4 Å². The monoisotopic (exact) mass is 375 g/mol. The normalized spacial score (nSPS) is 13.1. The number of ether oxygens (including phenoxy) is 3. The first-order chi connectivity index (χ1) is 10.3. The lowest BCUT2D eigenvalue weighted by Gasteiger charge is -2.25. The highest BCUT2D eigenvalue weighted by atomic mass is 79.9. The van der Waals surface area contributed by atoms with Gasteiger partial charge in [-0.3, -0.25) is 4.79 Å². The van der Waals surface area contributed by atoms with Gasteiger partial charge in [0.25, 0.3) is 5.91 Å². The third kappa shape index (κ3) is 3.89. The lowest BCUT2D eigenvalue weighted by Crippen LogP contribution is -2.55. The first kappa shape index (κ1) is 18.2. The zero-order chi connectivity index (χ0) is 16.9. The summed E-state index contributed by atoms with van der Waals surface area (Å²) in [5, 5.41) is 11.7. The number of hydrogen-bond donors (Lipinski definition) is 2. The van der Waals surface area contributed by atoms with Crippen molar-refractivity contribution < 1.29 is 28.9 Å². The molecule has 0 aliphatic heterocycles. The second kappa shape index (κ2) is 7.46. The van der Waals surface area contributed by atoms with Crippen LogP contribution in [0.2, 0.25) is 0 Å². The number of carboxylic acid groups (broad SMARTS) is 1. The standard InChI is InChI=1S/C14H18BrNO6/c1-14(7-20-2,13(18)19)16-12(17)8-5-9(21-3)11(15)10(6-8)22-4/h5-6H,7H2,1-4H3,(H,16,17)(H,18,19). The molecule has 0 bridgehead atoms. The molecule has 0 spiro atoms. The van der Waals surface area contributed by atoms with Crippen molar-refractivity contribution in [2.75, 3.05) is 27.9 Å². The highest BCUT2D eigenvalue weighted by Crippen LogP contribution is 2.35. The van der Waals surface area contributed by atoms with Crippen LogP contribution < -0.4 is 14.8 Å². The van der Waals surface area contributed by atoms with E-state index in [0.29, 0.717) is 16.0 Å². The Labute approximate surface area is 136 Å². The molecule has 1 aromatic carbocycles. The summed E-state index contributed by atoms with van der Waals surface area (Å²) in [6.45, 7) is 1.20. The van der Waals surface area contributed by atoms with E-state index >= 15 is 0 Å². The molecular weight excluding hydrogens is 358 g/mol. The highest BCUT2D eigenvalue weighted by molar-refractivity contribution is 9.10. The van der Waals surface area contributed by atoms with Gasteiger partial charge >= 0.3 is 5.97 Å². The Morgan fingerprint density at radius 1 is 1.23 bits per heavy atom. The number of rotatable bonds is 7. The Hall–Kier alpha value is -1.80. The van der Waals surface area contributed by atoms with Crippen molar-refractivity contribution >= 4 is 27.8 Å². The van der Waals surface area contributed by atoms with Crippen LogP contribution in [0.1, 0.15) is 17.3 Å². The molecule has 1 unspecified atom stereocenters. The molecule has 2 N–H and O–H groups in total. The largest absolute Gasteiger partial charge is 0.495 e. The lowest BCUT2D eigenvalue weighted by molar-refractivity contribution is -0.145. The van der Waals surface area contributed by atoms with Gasteiger partial charge in [-0.15, -0.1) is 0 Å². The Kier molecular flexibility index (Phi) is 6.19. The number of methoxy groups -OCH3 is 3. The molecular formula is C14H18BrNO6. The minimum absolute atomic E-state index is 0.168. The van der Waals surface area contributed by atoms with E-state index in [4.69, 9.17) is 14.2 Å². The van der Waals surface area contributed by atoms with Crippen molar-refractivity contribution in [2.45, 2.75) is 12.5 Å². The molecule has 22 heavy (non-hydrogen) atoms. The summed E-state index contributed by atoms with van der Waals surface area (Å²) in [6, 6.07) is 2.97. The zero-order valence-corrected chi connectivity index (χ0v) is 14.3. The van der Waals surface area contributed by atoms with Crippen LogP contribution in [0.15, 0.2) is 16.6 Å². The highest BCUT2D eigenvalue weighted by Gasteiger charge is 2.35. The number of carboxylic acids is 1. The van der Waals surface area contributed by atoms with Crippen molar-refractivity contribution in [2.24, 2.45) is 0 Å². The van der Waals surface area contributed by atoms with Gasteiger partial charge in [0, 0.05) is 12.7 Å². The Balaban J connectivity index is 3.15. The number of halogens is 1. The second-order valence-electron chi connectivity index (χ2n) is 4.72. The average Bonchev–Trinajstić information content (AvgIpc) is 2.47. The third-order valence-electron chi connectivity index (χ3n) is 3.00. The summed E-state index contributed by atoms with van der Waals surface area (Å²) in [6.07, 6.45) is 0.